The summed E-state index contributed by atoms with van der Waals surface area (Å²) in [5.74, 6) is 2.37. The molecule has 3 fully saturated rings. The number of benzene rings is 2. The fraction of sp³-hybridized carbons (Fsp3) is 0.387. The van der Waals surface area contributed by atoms with E-state index in [0.717, 1.165) is 76.0 Å². The molecule has 206 valence electrons. The molecule has 0 radical (unpaired) electrons. The van der Waals surface area contributed by atoms with Crippen molar-refractivity contribution in [3.05, 3.63) is 72.1 Å². The minimum Gasteiger partial charge on any atom is -0.489 e. The van der Waals surface area contributed by atoms with Gasteiger partial charge in [0.2, 0.25) is 0 Å². The van der Waals surface area contributed by atoms with E-state index in [1.54, 1.807) is 18.6 Å². The average molecular weight is 542 g/mol. The quantitative estimate of drug-likeness (QED) is 0.277. The summed E-state index contributed by atoms with van der Waals surface area (Å²) in [6.45, 7) is 5.27. The normalized spacial score (nSPS) is 21.0. The monoisotopic (exact) mass is 541 g/mol. The summed E-state index contributed by atoms with van der Waals surface area (Å²) in [6.07, 6.45) is 10.7. The molecular weight excluding hydrogens is 509 g/mol. The molecule has 2 aromatic heterocycles. The maximum absolute atomic E-state index is 14.0. The minimum absolute atomic E-state index is 0.188. The molecule has 8 nitrogen and oxygen atoms in total. The van der Waals surface area contributed by atoms with E-state index in [1.807, 2.05) is 18.2 Å². The van der Waals surface area contributed by atoms with Crippen LogP contribution in [-0.4, -0.2) is 58.9 Å². The van der Waals surface area contributed by atoms with Crippen molar-refractivity contribution in [3.8, 4) is 17.2 Å². The molecule has 2 aliphatic heterocycles. The lowest BCUT2D eigenvalue weighted by Crippen LogP contribution is -2.31. The van der Waals surface area contributed by atoms with Gasteiger partial charge in [-0.1, -0.05) is 12.1 Å². The van der Waals surface area contributed by atoms with E-state index >= 15 is 0 Å². The zero-order valence-corrected chi connectivity index (χ0v) is 22.3. The number of nitrogens with one attached hydrogen (secondary N) is 1. The van der Waals surface area contributed by atoms with Gasteiger partial charge in [-0.25, -0.2) is 14.4 Å². The third-order valence-corrected chi connectivity index (χ3v) is 8.53. The first kappa shape index (κ1) is 25.0. The lowest BCUT2D eigenvalue weighted by atomic mass is 9.86. The second kappa shape index (κ2) is 10.2. The molecule has 9 heteroatoms. The average Bonchev–Trinajstić information content (AvgIpc) is 3.39. The number of nitrogens with zero attached hydrogens (tertiary/aromatic N) is 4. The summed E-state index contributed by atoms with van der Waals surface area (Å²) in [4.78, 5) is 28.1. The van der Waals surface area contributed by atoms with Gasteiger partial charge in [0.05, 0.1) is 12.8 Å². The van der Waals surface area contributed by atoms with E-state index in [-0.39, 0.29) is 11.2 Å². The van der Waals surface area contributed by atoms with Crippen LogP contribution in [0.15, 0.2) is 55.1 Å². The second-order valence-corrected chi connectivity index (χ2v) is 11.5. The van der Waals surface area contributed by atoms with E-state index in [2.05, 4.69) is 30.9 Å². The highest BCUT2D eigenvalue weighted by atomic mass is 19.1. The predicted molar refractivity (Wildman–Crippen MR) is 150 cm³/mol. The van der Waals surface area contributed by atoms with Gasteiger partial charge in [0, 0.05) is 60.3 Å². The van der Waals surface area contributed by atoms with E-state index in [0.29, 0.717) is 35.3 Å². The Balaban J connectivity index is 1.04. The maximum Gasteiger partial charge on any atom is 0.188 e. The van der Waals surface area contributed by atoms with Gasteiger partial charge in [0.25, 0.3) is 0 Å². The number of aromatic amines is 1. The number of anilines is 1. The fourth-order valence-corrected chi connectivity index (χ4v) is 6.17. The molecule has 0 bridgehead atoms. The number of hydrogen-bond donors (Lipinski definition) is 1. The molecule has 4 aromatic rings. The van der Waals surface area contributed by atoms with Gasteiger partial charge >= 0.3 is 0 Å². The number of ether oxygens (including phenoxy) is 2. The zero-order valence-electron chi connectivity index (χ0n) is 22.3. The van der Waals surface area contributed by atoms with Crippen LogP contribution in [-0.2, 0) is 6.54 Å². The van der Waals surface area contributed by atoms with Gasteiger partial charge in [-0.15, -0.1) is 0 Å². The second-order valence-electron chi connectivity index (χ2n) is 11.5. The summed E-state index contributed by atoms with van der Waals surface area (Å²) in [5.41, 5.74) is 3.12. The SMILES string of the molecule is O=Cc1ccc2c(CN3CCC4(CCN(c5ncncc5Oc5ccc(F)cc5OCC5CC5)C4)C3)c[nH]c2c1. The molecule has 1 unspecified atom stereocenters. The predicted octanol–water partition coefficient (Wildman–Crippen LogP) is 5.59. The van der Waals surface area contributed by atoms with E-state index in [9.17, 15) is 9.18 Å². The Morgan fingerprint density at radius 3 is 2.85 bits per heavy atom. The molecule has 1 aliphatic carbocycles. The smallest absolute Gasteiger partial charge is 0.188 e. The molecule has 2 saturated heterocycles. The molecular formula is C31H32FN5O3. The molecule has 1 atom stereocenters. The first-order valence-electron chi connectivity index (χ1n) is 14.0. The van der Waals surface area contributed by atoms with Gasteiger partial charge < -0.3 is 19.4 Å². The lowest BCUT2D eigenvalue weighted by Gasteiger charge is -2.26. The Hall–Kier alpha value is -3.98. The summed E-state index contributed by atoms with van der Waals surface area (Å²) in [7, 11) is 0. The van der Waals surface area contributed by atoms with Gasteiger partial charge in [0.15, 0.2) is 23.1 Å². The van der Waals surface area contributed by atoms with Crippen molar-refractivity contribution in [2.45, 2.75) is 32.2 Å². The van der Waals surface area contributed by atoms with Crippen molar-refractivity contribution < 1.29 is 18.7 Å². The van der Waals surface area contributed by atoms with E-state index < -0.39 is 0 Å². The molecule has 7 rings (SSSR count). The van der Waals surface area contributed by atoms with E-state index in [1.165, 1.54) is 23.1 Å². The Labute approximate surface area is 232 Å². The van der Waals surface area contributed by atoms with Crippen molar-refractivity contribution in [1.29, 1.82) is 0 Å². The topological polar surface area (TPSA) is 83.6 Å². The van der Waals surface area contributed by atoms with Crippen LogP contribution in [0.2, 0.25) is 0 Å². The Morgan fingerprint density at radius 1 is 1.07 bits per heavy atom. The van der Waals surface area contributed by atoms with Crippen LogP contribution in [0, 0.1) is 17.2 Å². The van der Waals surface area contributed by atoms with Crippen molar-refractivity contribution in [2.24, 2.45) is 11.3 Å². The number of halogens is 1. The third kappa shape index (κ3) is 5.01. The third-order valence-electron chi connectivity index (χ3n) is 8.53. The molecule has 4 heterocycles. The van der Waals surface area contributed by atoms with Crippen LogP contribution in [0.5, 0.6) is 17.2 Å². The molecule has 40 heavy (non-hydrogen) atoms. The highest BCUT2D eigenvalue weighted by Gasteiger charge is 2.44. The molecule has 2 aromatic carbocycles. The molecule has 1 N–H and O–H groups in total. The highest BCUT2D eigenvalue weighted by Crippen LogP contribution is 2.44. The lowest BCUT2D eigenvalue weighted by molar-refractivity contribution is 0.112. The summed E-state index contributed by atoms with van der Waals surface area (Å²) in [6, 6.07) is 10.2. The Morgan fingerprint density at radius 2 is 1.98 bits per heavy atom. The van der Waals surface area contributed by atoms with Crippen LogP contribution >= 0.6 is 0 Å². The van der Waals surface area contributed by atoms with Crippen LogP contribution in [0.1, 0.15) is 41.6 Å². The number of aromatic nitrogens is 3. The number of aldehydes is 1. The molecule has 1 saturated carbocycles. The zero-order chi connectivity index (χ0) is 27.1. The van der Waals surface area contributed by atoms with E-state index in [4.69, 9.17) is 9.47 Å². The highest BCUT2D eigenvalue weighted by molar-refractivity contribution is 5.89. The number of hydrogen-bond acceptors (Lipinski definition) is 7. The number of fused-ring (bicyclic) bond motifs is 1. The number of likely N-dealkylation sites (tertiary alicyclic amines) is 1. The number of rotatable bonds is 9. The number of carbonyl (C=O) groups is 1. The van der Waals surface area contributed by atoms with Gasteiger partial charge in [-0.3, -0.25) is 9.69 Å². The fourth-order valence-electron chi connectivity index (χ4n) is 6.17. The summed E-state index contributed by atoms with van der Waals surface area (Å²) >= 11 is 0. The van der Waals surface area contributed by atoms with Crippen LogP contribution in [0.4, 0.5) is 10.2 Å². The van der Waals surface area contributed by atoms with Crippen molar-refractivity contribution >= 4 is 23.0 Å². The van der Waals surface area contributed by atoms with Crippen molar-refractivity contribution in [1.82, 2.24) is 19.9 Å². The molecule has 1 spiro atoms. The largest absolute Gasteiger partial charge is 0.489 e. The van der Waals surface area contributed by atoms with Gasteiger partial charge in [0.1, 0.15) is 18.4 Å². The van der Waals surface area contributed by atoms with Crippen LogP contribution < -0.4 is 14.4 Å². The van der Waals surface area contributed by atoms with Crippen LogP contribution in [0.3, 0.4) is 0 Å². The molecule has 3 aliphatic rings. The summed E-state index contributed by atoms with van der Waals surface area (Å²) in [5, 5.41) is 1.17. The Kier molecular flexibility index (Phi) is 6.38. The van der Waals surface area contributed by atoms with Crippen molar-refractivity contribution in [3.63, 3.8) is 0 Å². The first-order valence-corrected chi connectivity index (χ1v) is 14.0. The van der Waals surface area contributed by atoms with Crippen LogP contribution in [0.25, 0.3) is 10.9 Å². The van der Waals surface area contributed by atoms with Gasteiger partial charge in [-0.05, 0) is 61.9 Å². The van der Waals surface area contributed by atoms with Crippen molar-refractivity contribution in [2.75, 3.05) is 37.7 Å². The number of H-pyrrole nitrogens is 1. The first-order chi connectivity index (χ1) is 19.6. The standard InChI is InChI=1S/C31H32FN5O3/c32-24-4-6-27(28(12-24)39-17-21-1-2-21)40-29-14-33-20-35-30(29)37-10-8-31(19-37)7-9-36(18-31)15-23-13-34-26-11-22(16-38)3-5-25(23)26/h3-6,11-14,16,20-21,34H,1-2,7-10,15,17-19H2. The Bertz CT molecular complexity index is 1550. The number of carbonyl (C=O) groups excluding carboxylic acids is 1. The summed E-state index contributed by atoms with van der Waals surface area (Å²) < 4.78 is 26.2. The molecule has 0 amide bonds. The minimum atomic E-state index is -0.353. The maximum atomic E-state index is 14.0. The van der Waals surface area contributed by atoms with Gasteiger partial charge in [-0.2, -0.15) is 0 Å².